The van der Waals surface area contributed by atoms with Gasteiger partial charge in [0.25, 0.3) is 5.91 Å². The van der Waals surface area contributed by atoms with Gasteiger partial charge in [-0.25, -0.2) is 0 Å². The van der Waals surface area contributed by atoms with Crippen molar-refractivity contribution in [3.63, 3.8) is 0 Å². The molecule has 2 N–H and O–H groups in total. The first-order valence-electron chi connectivity index (χ1n) is 5.65. The van der Waals surface area contributed by atoms with E-state index in [0.29, 0.717) is 5.75 Å². The van der Waals surface area contributed by atoms with Gasteiger partial charge < -0.3 is 10.5 Å². The highest BCUT2D eigenvalue weighted by molar-refractivity contribution is 9.10. The zero-order valence-electron chi connectivity index (χ0n) is 10.0. The lowest BCUT2D eigenvalue weighted by molar-refractivity contribution is -0.116. The van der Waals surface area contributed by atoms with Gasteiger partial charge in [-0.15, -0.1) is 0 Å². The fourth-order valence-corrected chi connectivity index (χ4v) is 1.75. The van der Waals surface area contributed by atoms with E-state index in [2.05, 4.69) is 15.9 Å². The zero-order valence-corrected chi connectivity index (χ0v) is 11.6. The van der Waals surface area contributed by atoms with Gasteiger partial charge in [0.1, 0.15) is 5.75 Å². The summed E-state index contributed by atoms with van der Waals surface area (Å²) in [6.07, 6.45) is 1.62. The number of hydrogen-bond donors (Lipinski definition) is 1. The van der Waals surface area contributed by atoms with Crippen molar-refractivity contribution in [2.24, 2.45) is 5.73 Å². The first kappa shape index (κ1) is 13.4. The Hall–Kier alpha value is -2.07. The highest BCUT2D eigenvalue weighted by Crippen LogP contribution is 2.19. The van der Waals surface area contributed by atoms with Gasteiger partial charge in [-0.05, 0) is 35.9 Å². The van der Waals surface area contributed by atoms with Crippen LogP contribution in [0, 0.1) is 0 Å². The Morgan fingerprint density at radius 1 is 1.05 bits per heavy atom. The third-order valence-corrected chi connectivity index (χ3v) is 2.91. The van der Waals surface area contributed by atoms with Crippen molar-refractivity contribution in [2.75, 3.05) is 0 Å². The minimum Gasteiger partial charge on any atom is -0.452 e. The topological polar surface area (TPSA) is 52.3 Å². The van der Waals surface area contributed by atoms with Gasteiger partial charge in [0.05, 0.1) is 0 Å². The summed E-state index contributed by atoms with van der Waals surface area (Å²) >= 11 is 3.33. The summed E-state index contributed by atoms with van der Waals surface area (Å²) in [4.78, 5) is 11.4. The summed E-state index contributed by atoms with van der Waals surface area (Å²) in [6, 6.07) is 16.6. The minimum atomic E-state index is -0.605. The first-order valence-corrected chi connectivity index (χ1v) is 6.44. The molecule has 0 aliphatic carbocycles. The average Bonchev–Trinajstić information content (AvgIpc) is 2.41. The van der Waals surface area contributed by atoms with E-state index in [1.807, 2.05) is 42.5 Å². The molecule has 0 atom stereocenters. The Morgan fingerprint density at radius 3 is 2.26 bits per heavy atom. The molecule has 3 nitrogen and oxygen atoms in total. The maximum Gasteiger partial charge on any atom is 0.284 e. The Labute approximate surface area is 119 Å². The average molecular weight is 318 g/mol. The van der Waals surface area contributed by atoms with Gasteiger partial charge in [-0.2, -0.15) is 0 Å². The lowest BCUT2D eigenvalue weighted by Gasteiger charge is -2.07. The van der Waals surface area contributed by atoms with Crippen molar-refractivity contribution in [3.05, 3.63) is 70.4 Å². The molecule has 2 aromatic carbocycles. The highest BCUT2D eigenvalue weighted by Gasteiger charge is 2.08. The molecule has 96 valence electrons. The van der Waals surface area contributed by atoms with Crippen LogP contribution in [0.25, 0.3) is 6.08 Å². The van der Waals surface area contributed by atoms with E-state index < -0.39 is 5.91 Å². The van der Waals surface area contributed by atoms with Crippen LogP contribution in [-0.4, -0.2) is 5.91 Å². The summed E-state index contributed by atoms with van der Waals surface area (Å²) < 4.78 is 6.44. The number of benzene rings is 2. The van der Waals surface area contributed by atoms with Crippen molar-refractivity contribution < 1.29 is 9.53 Å². The standard InChI is InChI=1S/C15H12BrNO2/c16-12-6-8-13(9-7-12)19-14(15(17)18)10-11-4-2-1-3-5-11/h1-10H,(H2,17,18)/b14-10-. The smallest absolute Gasteiger partial charge is 0.284 e. The van der Waals surface area contributed by atoms with Gasteiger partial charge >= 0.3 is 0 Å². The Kier molecular flexibility index (Phi) is 4.36. The number of amides is 1. The zero-order chi connectivity index (χ0) is 13.7. The van der Waals surface area contributed by atoms with Crippen molar-refractivity contribution in [1.82, 2.24) is 0 Å². The van der Waals surface area contributed by atoms with Crippen LogP contribution in [0.4, 0.5) is 0 Å². The number of nitrogens with two attached hydrogens (primary N) is 1. The maximum absolute atomic E-state index is 11.4. The lowest BCUT2D eigenvalue weighted by Crippen LogP contribution is -2.18. The van der Waals surface area contributed by atoms with Gasteiger partial charge in [0.2, 0.25) is 0 Å². The molecule has 0 aromatic heterocycles. The third-order valence-electron chi connectivity index (χ3n) is 2.38. The fraction of sp³-hybridized carbons (Fsp3) is 0. The minimum absolute atomic E-state index is 0.105. The maximum atomic E-state index is 11.4. The molecule has 1 amide bonds. The normalized spacial score (nSPS) is 11.1. The number of rotatable bonds is 4. The molecule has 0 aliphatic heterocycles. The Morgan fingerprint density at radius 2 is 1.68 bits per heavy atom. The van der Waals surface area contributed by atoms with Gasteiger partial charge in [0, 0.05) is 4.47 Å². The molecule has 0 radical (unpaired) electrons. The van der Waals surface area contributed by atoms with Crippen molar-refractivity contribution in [3.8, 4) is 5.75 Å². The number of hydrogen-bond acceptors (Lipinski definition) is 2. The van der Waals surface area contributed by atoms with E-state index in [-0.39, 0.29) is 5.76 Å². The van der Waals surface area contributed by atoms with Crippen LogP contribution in [0.1, 0.15) is 5.56 Å². The van der Waals surface area contributed by atoms with Crippen LogP contribution < -0.4 is 10.5 Å². The molecule has 2 rings (SSSR count). The van der Waals surface area contributed by atoms with Gasteiger partial charge in [-0.3, -0.25) is 4.79 Å². The number of ether oxygens (including phenoxy) is 1. The summed E-state index contributed by atoms with van der Waals surface area (Å²) in [5, 5.41) is 0. The molecule has 0 fully saturated rings. The molecular formula is C15H12BrNO2. The Bertz CT molecular complexity index is 591. The van der Waals surface area contributed by atoms with Gasteiger partial charge in [-0.1, -0.05) is 46.3 Å². The molecule has 2 aromatic rings. The summed E-state index contributed by atoms with van der Waals surface area (Å²) in [5.74, 6) is 0.0597. The second kappa shape index (κ2) is 6.20. The van der Waals surface area contributed by atoms with Crippen LogP contribution in [0.2, 0.25) is 0 Å². The Balaban J connectivity index is 2.24. The molecule has 0 unspecified atom stereocenters. The van der Waals surface area contributed by atoms with E-state index in [1.54, 1.807) is 18.2 Å². The van der Waals surface area contributed by atoms with Crippen molar-refractivity contribution in [2.45, 2.75) is 0 Å². The van der Waals surface area contributed by atoms with Crippen LogP contribution in [0.5, 0.6) is 5.75 Å². The van der Waals surface area contributed by atoms with Crippen molar-refractivity contribution in [1.29, 1.82) is 0 Å². The first-order chi connectivity index (χ1) is 9.15. The molecule has 19 heavy (non-hydrogen) atoms. The number of halogens is 1. The largest absolute Gasteiger partial charge is 0.452 e. The van der Waals surface area contributed by atoms with Crippen LogP contribution in [0.15, 0.2) is 64.8 Å². The van der Waals surface area contributed by atoms with E-state index in [4.69, 9.17) is 10.5 Å². The van der Waals surface area contributed by atoms with Gasteiger partial charge in [0.15, 0.2) is 5.76 Å². The number of primary amides is 1. The van der Waals surface area contributed by atoms with Crippen LogP contribution in [-0.2, 0) is 4.79 Å². The summed E-state index contributed by atoms with van der Waals surface area (Å²) in [6.45, 7) is 0. The molecule has 0 aliphatic rings. The molecule has 4 heteroatoms. The molecule has 0 saturated carbocycles. The number of carbonyl (C=O) groups is 1. The predicted octanol–water partition coefficient (Wildman–Crippen LogP) is 3.35. The summed E-state index contributed by atoms with van der Waals surface area (Å²) in [7, 11) is 0. The number of carbonyl (C=O) groups excluding carboxylic acids is 1. The van der Waals surface area contributed by atoms with E-state index in [9.17, 15) is 4.79 Å². The molecular weight excluding hydrogens is 306 g/mol. The van der Waals surface area contributed by atoms with E-state index >= 15 is 0 Å². The van der Waals surface area contributed by atoms with E-state index in [0.717, 1.165) is 10.0 Å². The summed E-state index contributed by atoms with van der Waals surface area (Å²) in [5.41, 5.74) is 6.18. The highest BCUT2D eigenvalue weighted by atomic mass is 79.9. The molecule has 0 saturated heterocycles. The second-order valence-corrected chi connectivity index (χ2v) is 4.76. The fourth-order valence-electron chi connectivity index (χ4n) is 1.48. The van der Waals surface area contributed by atoms with E-state index in [1.165, 1.54) is 0 Å². The third kappa shape index (κ3) is 3.96. The SMILES string of the molecule is NC(=O)/C(=C/c1ccccc1)Oc1ccc(Br)cc1. The van der Waals surface area contributed by atoms with Crippen LogP contribution in [0.3, 0.4) is 0 Å². The van der Waals surface area contributed by atoms with Crippen LogP contribution >= 0.6 is 15.9 Å². The second-order valence-electron chi connectivity index (χ2n) is 3.84. The molecule has 0 spiro atoms. The predicted molar refractivity (Wildman–Crippen MR) is 78.4 cm³/mol. The monoisotopic (exact) mass is 317 g/mol. The van der Waals surface area contributed by atoms with Crippen molar-refractivity contribution >= 4 is 27.9 Å². The quantitative estimate of drug-likeness (QED) is 0.694. The lowest BCUT2D eigenvalue weighted by atomic mass is 10.2. The molecule has 0 bridgehead atoms. The molecule has 0 heterocycles.